The van der Waals surface area contributed by atoms with Crippen LogP contribution in [0, 0.1) is 0 Å². The van der Waals surface area contributed by atoms with Crippen molar-refractivity contribution in [3.05, 3.63) is 41.0 Å². The standard InChI is InChI=1S/C14H13BrN4O2/c1-8(2)19-13-9(6-17-19)5-10(7-16-13)18-14(20)11-3-4-21-12(11)15/h3-8H,1-2H3,(H,18,20). The van der Waals surface area contributed by atoms with Crippen LogP contribution in [0.5, 0.6) is 0 Å². The first-order chi connectivity index (χ1) is 10.1. The van der Waals surface area contributed by atoms with Crippen LogP contribution in [-0.4, -0.2) is 20.7 Å². The number of fused-ring (bicyclic) bond motifs is 1. The van der Waals surface area contributed by atoms with E-state index in [9.17, 15) is 4.79 Å². The lowest BCUT2D eigenvalue weighted by Crippen LogP contribution is -2.11. The van der Waals surface area contributed by atoms with Gasteiger partial charge in [0.25, 0.3) is 5.91 Å². The van der Waals surface area contributed by atoms with Crippen LogP contribution in [0.1, 0.15) is 30.2 Å². The molecule has 0 saturated heterocycles. The maximum Gasteiger partial charge on any atom is 0.260 e. The van der Waals surface area contributed by atoms with Gasteiger partial charge in [-0.1, -0.05) is 0 Å². The van der Waals surface area contributed by atoms with E-state index in [1.807, 2.05) is 24.6 Å². The van der Waals surface area contributed by atoms with Crippen LogP contribution >= 0.6 is 15.9 Å². The monoisotopic (exact) mass is 348 g/mol. The van der Waals surface area contributed by atoms with Crippen LogP contribution in [0.15, 0.2) is 39.9 Å². The molecule has 0 spiro atoms. The maximum atomic E-state index is 12.1. The van der Waals surface area contributed by atoms with Gasteiger partial charge in [0.15, 0.2) is 10.3 Å². The SMILES string of the molecule is CC(C)n1ncc2cc(NC(=O)c3ccoc3Br)cnc21. The normalized spacial score (nSPS) is 11.2. The molecule has 0 unspecified atom stereocenters. The summed E-state index contributed by atoms with van der Waals surface area (Å²) in [7, 11) is 0. The molecule has 0 atom stereocenters. The summed E-state index contributed by atoms with van der Waals surface area (Å²) in [6, 6.07) is 3.68. The fourth-order valence-electron chi connectivity index (χ4n) is 2.04. The third kappa shape index (κ3) is 2.56. The summed E-state index contributed by atoms with van der Waals surface area (Å²) in [5.74, 6) is -0.256. The van der Waals surface area contributed by atoms with Crippen molar-refractivity contribution in [2.75, 3.05) is 5.32 Å². The molecule has 0 saturated carbocycles. The number of pyridine rings is 1. The summed E-state index contributed by atoms with van der Waals surface area (Å²) in [5.41, 5.74) is 1.85. The van der Waals surface area contributed by atoms with Gasteiger partial charge in [-0.05, 0) is 41.9 Å². The van der Waals surface area contributed by atoms with Crippen molar-refractivity contribution in [3.63, 3.8) is 0 Å². The van der Waals surface area contributed by atoms with Gasteiger partial charge in [-0.15, -0.1) is 0 Å². The maximum absolute atomic E-state index is 12.1. The van der Waals surface area contributed by atoms with Crippen molar-refractivity contribution >= 4 is 38.6 Å². The van der Waals surface area contributed by atoms with Gasteiger partial charge in [-0.25, -0.2) is 9.67 Å². The number of furan rings is 1. The molecule has 0 aromatic carbocycles. The van der Waals surface area contributed by atoms with Crippen LogP contribution < -0.4 is 5.32 Å². The minimum atomic E-state index is -0.256. The van der Waals surface area contributed by atoms with E-state index >= 15 is 0 Å². The molecule has 3 rings (SSSR count). The van der Waals surface area contributed by atoms with Gasteiger partial charge < -0.3 is 9.73 Å². The molecule has 6 nitrogen and oxygen atoms in total. The average Bonchev–Trinajstić information content (AvgIpc) is 3.04. The zero-order chi connectivity index (χ0) is 15.0. The van der Waals surface area contributed by atoms with E-state index in [2.05, 4.69) is 31.3 Å². The summed E-state index contributed by atoms with van der Waals surface area (Å²) >= 11 is 3.18. The van der Waals surface area contributed by atoms with Crippen LogP contribution in [0.2, 0.25) is 0 Å². The highest BCUT2D eigenvalue weighted by Crippen LogP contribution is 2.21. The summed E-state index contributed by atoms with van der Waals surface area (Å²) in [5, 5.41) is 7.97. The Hall–Kier alpha value is -2.15. The largest absolute Gasteiger partial charge is 0.457 e. The smallest absolute Gasteiger partial charge is 0.260 e. The second-order valence-electron chi connectivity index (χ2n) is 4.88. The summed E-state index contributed by atoms with van der Waals surface area (Å²) in [6.07, 6.45) is 4.81. The zero-order valence-corrected chi connectivity index (χ0v) is 13.1. The van der Waals surface area contributed by atoms with Crippen molar-refractivity contribution in [1.29, 1.82) is 0 Å². The van der Waals surface area contributed by atoms with Crippen LogP contribution in [0.3, 0.4) is 0 Å². The molecule has 0 bridgehead atoms. The third-order valence-corrected chi connectivity index (χ3v) is 3.66. The lowest BCUT2D eigenvalue weighted by Gasteiger charge is -2.07. The third-order valence-electron chi connectivity index (χ3n) is 3.04. The van der Waals surface area contributed by atoms with E-state index in [-0.39, 0.29) is 11.9 Å². The van der Waals surface area contributed by atoms with Gasteiger partial charge in [-0.3, -0.25) is 4.79 Å². The Morgan fingerprint density at radius 1 is 1.43 bits per heavy atom. The number of nitrogens with one attached hydrogen (secondary N) is 1. The first kappa shape index (κ1) is 13.8. The van der Waals surface area contributed by atoms with Gasteiger partial charge in [-0.2, -0.15) is 5.10 Å². The average molecular weight is 349 g/mol. The highest BCUT2D eigenvalue weighted by Gasteiger charge is 2.14. The Kier molecular flexibility index (Phi) is 3.50. The van der Waals surface area contributed by atoms with Crippen LogP contribution in [0.4, 0.5) is 5.69 Å². The van der Waals surface area contributed by atoms with Gasteiger partial charge >= 0.3 is 0 Å². The van der Waals surface area contributed by atoms with E-state index < -0.39 is 0 Å². The second kappa shape index (κ2) is 5.33. The number of halogens is 1. The first-order valence-electron chi connectivity index (χ1n) is 6.44. The van der Waals surface area contributed by atoms with Crippen molar-refractivity contribution in [3.8, 4) is 0 Å². The molecule has 1 N–H and O–H groups in total. The van der Waals surface area contributed by atoms with Gasteiger partial charge in [0.1, 0.15) is 0 Å². The Bertz CT molecular complexity index is 806. The van der Waals surface area contributed by atoms with Gasteiger partial charge in [0.05, 0.1) is 29.9 Å². The second-order valence-corrected chi connectivity index (χ2v) is 5.60. The minimum Gasteiger partial charge on any atom is -0.457 e. The lowest BCUT2D eigenvalue weighted by molar-refractivity contribution is 0.102. The number of anilines is 1. The molecule has 0 aliphatic heterocycles. The number of carbonyl (C=O) groups is 1. The van der Waals surface area contributed by atoms with Crippen molar-refractivity contribution in [1.82, 2.24) is 14.8 Å². The molecule has 3 aromatic heterocycles. The molecule has 0 fully saturated rings. The fourth-order valence-corrected chi connectivity index (χ4v) is 2.46. The Morgan fingerprint density at radius 3 is 2.90 bits per heavy atom. The molecular weight excluding hydrogens is 336 g/mol. The van der Waals surface area contributed by atoms with Crippen molar-refractivity contribution < 1.29 is 9.21 Å². The minimum absolute atomic E-state index is 0.234. The summed E-state index contributed by atoms with van der Waals surface area (Å²) < 4.78 is 7.30. The highest BCUT2D eigenvalue weighted by molar-refractivity contribution is 9.10. The Balaban J connectivity index is 1.88. The molecule has 0 aliphatic carbocycles. The molecular formula is C14H13BrN4O2. The number of carbonyl (C=O) groups excluding carboxylic acids is 1. The lowest BCUT2D eigenvalue weighted by atomic mass is 10.3. The summed E-state index contributed by atoms with van der Waals surface area (Å²) in [6.45, 7) is 4.08. The van der Waals surface area contributed by atoms with Crippen molar-refractivity contribution in [2.24, 2.45) is 0 Å². The molecule has 0 aliphatic rings. The van der Waals surface area contributed by atoms with E-state index in [1.165, 1.54) is 6.26 Å². The molecule has 108 valence electrons. The van der Waals surface area contributed by atoms with E-state index in [0.717, 1.165) is 11.0 Å². The zero-order valence-electron chi connectivity index (χ0n) is 11.5. The van der Waals surface area contributed by atoms with Crippen molar-refractivity contribution in [2.45, 2.75) is 19.9 Å². The number of hydrogen-bond donors (Lipinski definition) is 1. The molecule has 3 aromatic rings. The Morgan fingerprint density at radius 2 is 2.24 bits per heavy atom. The molecule has 21 heavy (non-hydrogen) atoms. The number of amides is 1. The Labute approximate surface area is 129 Å². The van der Waals surface area contributed by atoms with E-state index in [1.54, 1.807) is 18.5 Å². The van der Waals surface area contributed by atoms with E-state index in [4.69, 9.17) is 4.42 Å². The highest BCUT2D eigenvalue weighted by atomic mass is 79.9. The molecule has 1 amide bonds. The predicted molar refractivity (Wildman–Crippen MR) is 82.3 cm³/mol. The molecule has 7 heteroatoms. The van der Waals surface area contributed by atoms with Crippen LogP contribution in [0.25, 0.3) is 11.0 Å². The number of hydrogen-bond acceptors (Lipinski definition) is 4. The quantitative estimate of drug-likeness (QED) is 0.784. The van der Waals surface area contributed by atoms with Crippen LogP contribution in [-0.2, 0) is 0 Å². The van der Waals surface area contributed by atoms with Gasteiger partial charge in [0, 0.05) is 11.4 Å². The summed E-state index contributed by atoms with van der Waals surface area (Å²) in [4.78, 5) is 16.5. The fraction of sp³-hybridized carbons (Fsp3) is 0.214. The topological polar surface area (TPSA) is 73.0 Å². The number of aromatic nitrogens is 3. The molecule has 3 heterocycles. The van der Waals surface area contributed by atoms with E-state index in [0.29, 0.717) is 15.9 Å². The number of rotatable bonds is 3. The first-order valence-corrected chi connectivity index (χ1v) is 7.23. The molecule has 0 radical (unpaired) electrons. The van der Waals surface area contributed by atoms with Gasteiger partial charge in [0.2, 0.25) is 0 Å². The number of nitrogens with zero attached hydrogens (tertiary/aromatic N) is 3. The predicted octanol–water partition coefficient (Wildman–Crippen LogP) is 3.62.